The summed E-state index contributed by atoms with van der Waals surface area (Å²) < 4.78 is 5.83. The van der Waals surface area contributed by atoms with Crippen LogP contribution in [0.1, 0.15) is 42.1 Å². The van der Waals surface area contributed by atoms with Crippen molar-refractivity contribution in [2.75, 3.05) is 26.2 Å². The van der Waals surface area contributed by atoms with Gasteiger partial charge >= 0.3 is 0 Å². The number of piperidine rings is 1. The van der Waals surface area contributed by atoms with Gasteiger partial charge in [0.15, 0.2) is 5.76 Å². The minimum absolute atomic E-state index is 0.0469. The predicted molar refractivity (Wildman–Crippen MR) is 92.2 cm³/mol. The van der Waals surface area contributed by atoms with Crippen LogP contribution >= 0.6 is 0 Å². The molecule has 5 nitrogen and oxygen atoms in total. The lowest BCUT2D eigenvalue weighted by molar-refractivity contribution is 0.0677. The minimum Gasteiger partial charge on any atom is -0.454 e. The van der Waals surface area contributed by atoms with Gasteiger partial charge in [-0.05, 0) is 31.9 Å². The van der Waals surface area contributed by atoms with E-state index in [0.29, 0.717) is 18.8 Å². The van der Waals surface area contributed by atoms with E-state index >= 15 is 0 Å². The van der Waals surface area contributed by atoms with Gasteiger partial charge in [0.25, 0.3) is 5.91 Å². The summed E-state index contributed by atoms with van der Waals surface area (Å²) in [4.78, 5) is 16.5. The molecule has 5 heteroatoms. The van der Waals surface area contributed by atoms with E-state index < -0.39 is 0 Å². The molecule has 126 valence electrons. The largest absolute Gasteiger partial charge is 0.454 e. The third-order valence-electron chi connectivity index (χ3n) is 4.35. The Labute approximate surface area is 138 Å². The maximum absolute atomic E-state index is 12.5. The highest BCUT2D eigenvalue weighted by atomic mass is 16.4. The molecule has 0 aliphatic carbocycles. The SMILES string of the molecule is C=CCN(CC=C)C(C)c1ccc(C(=O)N2CCC(N)CC2)o1. The minimum atomic E-state index is -0.0469. The van der Waals surface area contributed by atoms with Crippen LogP contribution in [0.4, 0.5) is 0 Å². The van der Waals surface area contributed by atoms with E-state index in [2.05, 4.69) is 25.0 Å². The number of nitrogens with two attached hydrogens (primary N) is 1. The average Bonchev–Trinajstić information content (AvgIpc) is 3.04. The Bertz CT molecular complexity index is 534. The molecule has 1 saturated heterocycles. The lowest BCUT2D eigenvalue weighted by Gasteiger charge is -2.29. The van der Waals surface area contributed by atoms with Gasteiger partial charge in [0, 0.05) is 32.2 Å². The molecule has 0 aromatic carbocycles. The van der Waals surface area contributed by atoms with Gasteiger partial charge in [-0.2, -0.15) is 0 Å². The monoisotopic (exact) mass is 317 g/mol. The molecule has 0 saturated carbocycles. The van der Waals surface area contributed by atoms with E-state index in [9.17, 15) is 4.79 Å². The number of nitrogens with zero attached hydrogens (tertiary/aromatic N) is 2. The molecular weight excluding hydrogens is 290 g/mol. The van der Waals surface area contributed by atoms with Crippen molar-refractivity contribution in [2.45, 2.75) is 31.8 Å². The van der Waals surface area contributed by atoms with E-state index in [4.69, 9.17) is 10.2 Å². The molecule has 1 atom stereocenters. The zero-order valence-electron chi connectivity index (χ0n) is 13.9. The van der Waals surface area contributed by atoms with E-state index in [0.717, 1.165) is 31.7 Å². The van der Waals surface area contributed by atoms with Crippen molar-refractivity contribution in [2.24, 2.45) is 5.73 Å². The van der Waals surface area contributed by atoms with Crippen LogP contribution in [0.5, 0.6) is 0 Å². The number of amides is 1. The average molecular weight is 317 g/mol. The van der Waals surface area contributed by atoms with Crippen LogP contribution in [0.2, 0.25) is 0 Å². The van der Waals surface area contributed by atoms with Gasteiger partial charge in [-0.3, -0.25) is 9.69 Å². The summed E-state index contributed by atoms with van der Waals surface area (Å²) in [5.74, 6) is 1.14. The van der Waals surface area contributed by atoms with Crippen LogP contribution < -0.4 is 5.73 Å². The maximum atomic E-state index is 12.5. The summed E-state index contributed by atoms with van der Waals surface area (Å²) in [7, 11) is 0. The van der Waals surface area contributed by atoms with Gasteiger partial charge in [-0.1, -0.05) is 12.2 Å². The lowest BCUT2D eigenvalue weighted by Crippen LogP contribution is -2.42. The predicted octanol–water partition coefficient (Wildman–Crippen LogP) is 2.58. The first-order chi connectivity index (χ1) is 11.1. The summed E-state index contributed by atoms with van der Waals surface area (Å²) in [6.07, 6.45) is 5.41. The normalized spacial score (nSPS) is 17.3. The second-order valence-electron chi connectivity index (χ2n) is 6.04. The van der Waals surface area contributed by atoms with Gasteiger partial charge in [-0.25, -0.2) is 0 Å². The first kappa shape index (κ1) is 17.5. The molecule has 2 rings (SSSR count). The summed E-state index contributed by atoms with van der Waals surface area (Å²) in [6, 6.07) is 3.91. The number of rotatable bonds is 7. The molecule has 1 aromatic rings. The quantitative estimate of drug-likeness (QED) is 0.785. The fourth-order valence-corrected chi connectivity index (χ4v) is 2.85. The lowest BCUT2D eigenvalue weighted by atomic mass is 10.1. The van der Waals surface area contributed by atoms with Crippen molar-refractivity contribution in [1.82, 2.24) is 9.80 Å². The van der Waals surface area contributed by atoms with Crippen LogP contribution in [0.15, 0.2) is 41.9 Å². The zero-order chi connectivity index (χ0) is 16.8. The van der Waals surface area contributed by atoms with Crippen LogP contribution in [0, 0.1) is 0 Å². The number of likely N-dealkylation sites (tertiary alicyclic amines) is 1. The fourth-order valence-electron chi connectivity index (χ4n) is 2.85. The molecule has 0 spiro atoms. The van der Waals surface area contributed by atoms with Gasteiger partial charge in [0.2, 0.25) is 0 Å². The van der Waals surface area contributed by atoms with Gasteiger partial charge in [-0.15, -0.1) is 13.2 Å². The van der Waals surface area contributed by atoms with Crippen molar-refractivity contribution in [3.63, 3.8) is 0 Å². The van der Waals surface area contributed by atoms with E-state index in [1.54, 1.807) is 6.07 Å². The highest BCUT2D eigenvalue weighted by molar-refractivity contribution is 5.91. The highest BCUT2D eigenvalue weighted by Crippen LogP contribution is 2.24. The summed E-state index contributed by atoms with van der Waals surface area (Å²) in [6.45, 7) is 12.5. The second-order valence-corrected chi connectivity index (χ2v) is 6.04. The molecule has 1 aromatic heterocycles. The van der Waals surface area contributed by atoms with Crippen LogP contribution in [0.25, 0.3) is 0 Å². The third kappa shape index (κ3) is 4.33. The second kappa shape index (κ2) is 8.13. The Hall–Kier alpha value is -1.85. The van der Waals surface area contributed by atoms with Crippen molar-refractivity contribution >= 4 is 5.91 Å². The Morgan fingerprint density at radius 2 is 2.00 bits per heavy atom. The molecule has 2 N–H and O–H groups in total. The molecule has 1 aliphatic heterocycles. The van der Waals surface area contributed by atoms with Crippen molar-refractivity contribution < 1.29 is 9.21 Å². The first-order valence-corrected chi connectivity index (χ1v) is 8.17. The van der Waals surface area contributed by atoms with Crippen LogP contribution in [-0.2, 0) is 0 Å². The molecule has 1 unspecified atom stereocenters. The Morgan fingerprint density at radius 3 is 2.57 bits per heavy atom. The van der Waals surface area contributed by atoms with Gasteiger partial charge in [0.05, 0.1) is 6.04 Å². The highest BCUT2D eigenvalue weighted by Gasteiger charge is 2.25. The standard InChI is InChI=1S/C18H27N3O2/c1-4-10-20(11-5-2)14(3)16-6-7-17(23-16)18(22)21-12-8-15(19)9-13-21/h4-7,14-15H,1-2,8-13,19H2,3H3. The van der Waals surface area contributed by atoms with E-state index in [1.165, 1.54) is 0 Å². The number of furan rings is 1. The van der Waals surface area contributed by atoms with E-state index in [1.807, 2.05) is 23.1 Å². The smallest absolute Gasteiger partial charge is 0.289 e. The van der Waals surface area contributed by atoms with Crippen molar-refractivity contribution in [3.8, 4) is 0 Å². The molecule has 2 heterocycles. The number of carbonyl (C=O) groups is 1. The topological polar surface area (TPSA) is 62.7 Å². The number of hydrogen-bond acceptors (Lipinski definition) is 4. The molecule has 0 radical (unpaired) electrons. The van der Waals surface area contributed by atoms with Crippen LogP contribution in [0.3, 0.4) is 0 Å². The van der Waals surface area contributed by atoms with E-state index in [-0.39, 0.29) is 18.0 Å². The Kier molecular flexibility index (Phi) is 6.19. The third-order valence-corrected chi connectivity index (χ3v) is 4.35. The summed E-state index contributed by atoms with van der Waals surface area (Å²) in [5, 5.41) is 0. The first-order valence-electron chi connectivity index (χ1n) is 8.17. The Balaban J connectivity index is 2.05. The molecular formula is C18H27N3O2. The molecule has 1 aliphatic rings. The molecule has 1 amide bonds. The van der Waals surface area contributed by atoms with Gasteiger partial charge < -0.3 is 15.1 Å². The fraction of sp³-hybridized carbons (Fsp3) is 0.500. The van der Waals surface area contributed by atoms with Crippen molar-refractivity contribution in [1.29, 1.82) is 0 Å². The Morgan fingerprint density at radius 1 is 1.39 bits per heavy atom. The summed E-state index contributed by atoms with van der Waals surface area (Å²) in [5.41, 5.74) is 5.89. The number of hydrogen-bond donors (Lipinski definition) is 1. The molecule has 23 heavy (non-hydrogen) atoms. The number of carbonyl (C=O) groups excluding carboxylic acids is 1. The maximum Gasteiger partial charge on any atom is 0.289 e. The van der Waals surface area contributed by atoms with Crippen LogP contribution in [-0.4, -0.2) is 47.9 Å². The zero-order valence-corrected chi connectivity index (χ0v) is 13.9. The molecule has 0 bridgehead atoms. The van der Waals surface area contributed by atoms with Crippen molar-refractivity contribution in [3.05, 3.63) is 49.0 Å². The molecule has 1 fully saturated rings. The van der Waals surface area contributed by atoms with Gasteiger partial charge in [0.1, 0.15) is 5.76 Å². The summed E-state index contributed by atoms with van der Waals surface area (Å²) >= 11 is 0.